The first-order chi connectivity index (χ1) is 9.70. The lowest BCUT2D eigenvalue weighted by Crippen LogP contribution is -2.14. The van der Waals surface area contributed by atoms with Crippen LogP contribution in [0.4, 0.5) is 11.5 Å². The number of H-pyrrole nitrogens is 1. The highest BCUT2D eigenvalue weighted by molar-refractivity contribution is 5.91. The van der Waals surface area contributed by atoms with Gasteiger partial charge in [0.1, 0.15) is 0 Å². The molecule has 3 rings (SSSR count). The van der Waals surface area contributed by atoms with Crippen LogP contribution in [0.1, 0.15) is 36.4 Å². The van der Waals surface area contributed by atoms with Gasteiger partial charge >= 0.3 is 0 Å². The Morgan fingerprint density at radius 3 is 2.75 bits per heavy atom. The van der Waals surface area contributed by atoms with Crippen LogP contribution < -0.4 is 11.1 Å². The van der Waals surface area contributed by atoms with Gasteiger partial charge in [-0.1, -0.05) is 18.6 Å². The molecular formula is C15H18N4O. The molecule has 0 aliphatic heterocycles. The predicted molar refractivity (Wildman–Crippen MR) is 78.4 cm³/mol. The Bertz CT molecular complexity index is 599. The highest BCUT2D eigenvalue weighted by atomic mass is 16.1. The third-order valence-electron chi connectivity index (χ3n) is 3.75. The molecule has 0 radical (unpaired) electrons. The highest BCUT2D eigenvalue weighted by Crippen LogP contribution is 2.35. The van der Waals surface area contributed by atoms with Gasteiger partial charge in [0.2, 0.25) is 5.91 Å². The smallest absolute Gasteiger partial charge is 0.229 e. The van der Waals surface area contributed by atoms with E-state index in [1.54, 1.807) is 12.1 Å². The topological polar surface area (TPSA) is 83.8 Å². The summed E-state index contributed by atoms with van der Waals surface area (Å²) in [6, 6.07) is 9.25. The lowest BCUT2D eigenvalue weighted by molar-refractivity contribution is -0.115. The summed E-state index contributed by atoms with van der Waals surface area (Å²) in [5.74, 6) is 1.12. The minimum atomic E-state index is -0.0681. The van der Waals surface area contributed by atoms with Crippen LogP contribution in [0.3, 0.4) is 0 Å². The monoisotopic (exact) mass is 270 g/mol. The molecule has 1 saturated carbocycles. The van der Waals surface area contributed by atoms with Crippen molar-refractivity contribution in [1.82, 2.24) is 10.2 Å². The number of carbonyl (C=O) groups is 1. The van der Waals surface area contributed by atoms with E-state index in [9.17, 15) is 4.79 Å². The fraction of sp³-hybridized carbons (Fsp3) is 0.333. The standard InChI is InChI=1S/C15H18N4O/c16-12-6-4-10(5-7-12)8-15(20)17-14-9-13(18-19-14)11-2-1-3-11/h4-7,9,11H,1-3,8,16H2,(H2,17,18,19,20). The Morgan fingerprint density at radius 2 is 2.10 bits per heavy atom. The molecule has 20 heavy (non-hydrogen) atoms. The Labute approximate surface area is 117 Å². The van der Waals surface area contributed by atoms with Crippen LogP contribution in [0, 0.1) is 0 Å². The van der Waals surface area contributed by atoms with E-state index in [2.05, 4.69) is 15.5 Å². The summed E-state index contributed by atoms with van der Waals surface area (Å²) >= 11 is 0. The molecule has 0 spiro atoms. The number of amides is 1. The number of hydrogen-bond donors (Lipinski definition) is 3. The van der Waals surface area contributed by atoms with Gasteiger partial charge in [-0.15, -0.1) is 0 Å². The molecule has 1 aliphatic carbocycles. The zero-order valence-electron chi connectivity index (χ0n) is 11.2. The number of benzene rings is 1. The summed E-state index contributed by atoms with van der Waals surface area (Å²) in [5.41, 5.74) is 8.38. The normalized spacial score (nSPS) is 14.8. The van der Waals surface area contributed by atoms with Crippen LogP contribution >= 0.6 is 0 Å². The fourth-order valence-electron chi connectivity index (χ4n) is 2.34. The van der Waals surface area contributed by atoms with Crippen molar-refractivity contribution in [3.8, 4) is 0 Å². The van der Waals surface area contributed by atoms with Gasteiger partial charge in [0.05, 0.1) is 6.42 Å². The molecule has 2 aromatic rings. The van der Waals surface area contributed by atoms with Gasteiger partial charge in [0, 0.05) is 23.4 Å². The number of nitrogen functional groups attached to an aromatic ring is 1. The van der Waals surface area contributed by atoms with Crippen molar-refractivity contribution in [1.29, 1.82) is 0 Å². The summed E-state index contributed by atoms with van der Waals surface area (Å²) in [6.45, 7) is 0. The van der Waals surface area contributed by atoms with Crippen molar-refractivity contribution in [2.45, 2.75) is 31.6 Å². The van der Waals surface area contributed by atoms with Crippen molar-refractivity contribution >= 4 is 17.4 Å². The molecule has 4 N–H and O–H groups in total. The molecule has 5 heteroatoms. The number of carbonyl (C=O) groups excluding carboxylic acids is 1. The van der Waals surface area contributed by atoms with Gasteiger partial charge in [-0.25, -0.2) is 0 Å². The van der Waals surface area contributed by atoms with Crippen LogP contribution in [0.2, 0.25) is 0 Å². The van der Waals surface area contributed by atoms with E-state index in [1.165, 1.54) is 19.3 Å². The number of anilines is 2. The van der Waals surface area contributed by atoms with Gasteiger partial charge in [0.15, 0.2) is 5.82 Å². The van der Waals surface area contributed by atoms with E-state index in [0.717, 1.165) is 11.3 Å². The second-order valence-electron chi connectivity index (χ2n) is 5.30. The van der Waals surface area contributed by atoms with E-state index >= 15 is 0 Å². The van der Waals surface area contributed by atoms with Crippen LogP contribution in [-0.4, -0.2) is 16.1 Å². The predicted octanol–water partition coefficient (Wildman–Crippen LogP) is 2.44. The maximum absolute atomic E-state index is 11.9. The number of nitrogens with one attached hydrogen (secondary N) is 2. The Balaban J connectivity index is 1.58. The molecule has 1 fully saturated rings. The van der Waals surface area contributed by atoms with Crippen molar-refractivity contribution in [3.63, 3.8) is 0 Å². The summed E-state index contributed by atoms with van der Waals surface area (Å²) < 4.78 is 0. The average Bonchev–Trinajstić information content (AvgIpc) is 2.78. The zero-order chi connectivity index (χ0) is 13.9. The van der Waals surface area contributed by atoms with Gasteiger partial charge < -0.3 is 11.1 Å². The number of aromatic amines is 1. The van der Waals surface area contributed by atoms with E-state index in [-0.39, 0.29) is 5.91 Å². The fourth-order valence-corrected chi connectivity index (χ4v) is 2.34. The third kappa shape index (κ3) is 2.82. The SMILES string of the molecule is Nc1ccc(CC(=O)Nc2cc(C3CCC3)[nH]n2)cc1. The van der Waals surface area contributed by atoms with E-state index < -0.39 is 0 Å². The van der Waals surface area contributed by atoms with Crippen LogP contribution in [0.5, 0.6) is 0 Å². The molecule has 1 amide bonds. The Kier molecular flexibility index (Phi) is 3.41. The first-order valence-electron chi connectivity index (χ1n) is 6.90. The van der Waals surface area contributed by atoms with Gasteiger partial charge in [-0.3, -0.25) is 9.89 Å². The summed E-state index contributed by atoms with van der Waals surface area (Å²) in [5, 5.41) is 9.96. The molecule has 0 saturated heterocycles. The largest absolute Gasteiger partial charge is 0.399 e. The minimum Gasteiger partial charge on any atom is -0.399 e. The Morgan fingerprint density at radius 1 is 1.35 bits per heavy atom. The molecule has 5 nitrogen and oxygen atoms in total. The van der Waals surface area contributed by atoms with Crippen LogP contribution in [0.25, 0.3) is 0 Å². The Hall–Kier alpha value is -2.30. The number of hydrogen-bond acceptors (Lipinski definition) is 3. The molecule has 1 aliphatic rings. The molecular weight excluding hydrogens is 252 g/mol. The van der Waals surface area contributed by atoms with Gasteiger partial charge in [-0.2, -0.15) is 5.10 Å². The van der Waals surface area contributed by atoms with Crippen LogP contribution in [0.15, 0.2) is 30.3 Å². The molecule has 1 aromatic carbocycles. The lowest BCUT2D eigenvalue weighted by atomic mass is 9.83. The number of rotatable bonds is 4. The second kappa shape index (κ2) is 5.36. The minimum absolute atomic E-state index is 0.0681. The van der Waals surface area contributed by atoms with Gasteiger partial charge in [-0.05, 0) is 30.5 Å². The van der Waals surface area contributed by atoms with E-state index in [0.29, 0.717) is 23.8 Å². The first-order valence-corrected chi connectivity index (χ1v) is 6.90. The highest BCUT2D eigenvalue weighted by Gasteiger charge is 2.21. The number of nitrogens with zero attached hydrogens (tertiary/aromatic N) is 1. The third-order valence-corrected chi connectivity index (χ3v) is 3.75. The molecule has 0 bridgehead atoms. The molecule has 1 heterocycles. The molecule has 1 aromatic heterocycles. The quantitative estimate of drug-likeness (QED) is 0.746. The summed E-state index contributed by atoms with van der Waals surface area (Å²) in [4.78, 5) is 11.9. The molecule has 104 valence electrons. The molecule has 0 atom stereocenters. The van der Waals surface area contributed by atoms with E-state index in [4.69, 9.17) is 5.73 Å². The number of aromatic nitrogens is 2. The van der Waals surface area contributed by atoms with E-state index in [1.807, 2.05) is 18.2 Å². The molecule has 0 unspecified atom stereocenters. The maximum atomic E-state index is 11.9. The first kappa shape index (κ1) is 12.7. The average molecular weight is 270 g/mol. The van der Waals surface area contributed by atoms with Crippen molar-refractivity contribution < 1.29 is 4.79 Å². The van der Waals surface area contributed by atoms with Crippen molar-refractivity contribution in [2.24, 2.45) is 0 Å². The van der Waals surface area contributed by atoms with Crippen LogP contribution in [-0.2, 0) is 11.2 Å². The summed E-state index contributed by atoms with van der Waals surface area (Å²) in [7, 11) is 0. The summed E-state index contributed by atoms with van der Waals surface area (Å²) in [6.07, 6.45) is 4.02. The second-order valence-corrected chi connectivity index (χ2v) is 5.30. The lowest BCUT2D eigenvalue weighted by Gasteiger charge is -2.23. The van der Waals surface area contributed by atoms with Gasteiger partial charge in [0.25, 0.3) is 0 Å². The van der Waals surface area contributed by atoms with Crippen molar-refractivity contribution in [3.05, 3.63) is 41.6 Å². The number of nitrogens with two attached hydrogens (primary N) is 1. The van der Waals surface area contributed by atoms with Crippen molar-refractivity contribution in [2.75, 3.05) is 11.1 Å². The maximum Gasteiger partial charge on any atom is 0.229 e. The zero-order valence-corrected chi connectivity index (χ0v) is 11.2.